The van der Waals surface area contributed by atoms with Gasteiger partial charge in [0.1, 0.15) is 5.69 Å². The molecule has 0 amide bonds. The van der Waals surface area contributed by atoms with Crippen LogP contribution in [0.1, 0.15) is 0 Å². The zero-order chi connectivity index (χ0) is 6.81. The van der Waals surface area contributed by atoms with Crippen molar-refractivity contribution < 1.29 is 0 Å². The van der Waals surface area contributed by atoms with E-state index in [0.29, 0.717) is 5.82 Å². The molecular formula is C6H4N4. The van der Waals surface area contributed by atoms with Gasteiger partial charge in [-0.2, -0.15) is 0 Å². The fourth-order valence-electron chi connectivity index (χ4n) is 0.719. The van der Waals surface area contributed by atoms with E-state index in [-0.39, 0.29) is 0 Å². The highest BCUT2D eigenvalue weighted by atomic mass is 15.4. The molecule has 0 aromatic carbocycles. The highest BCUT2D eigenvalue weighted by molar-refractivity contribution is 5.46. The maximum atomic E-state index is 3.97. The fraction of sp³-hybridized carbons (Fsp3) is 0. The molecule has 2 aliphatic rings. The Morgan fingerprint density at radius 1 is 1.10 bits per heavy atom. The lowest BCUT2D eigenvalue weighted by atomic mass is 10.4. The predicted molar refractivity (Wildman–Crippen MR) is 34.2 cm³/mol. The van der Waals surface area contributed by atoms with Gasteiger partial charge in [-0.1, -0.05) is 6.07 Å². The predicted octanol–water partition coefficient (Wildman–Crippen LogP) is 0.371. The van der Waals surface area contributed by atoms with Gasteiger partial charge in [0.25, 0.3) is 0 Å². The van der Waals surface area contributed by atoms with Gasteiger partial charge in [0.05, 0.1) is 0 Å². The highest BCUT2D eigenvalue weighted by Gasteiger charge is 2.02. The summed E-state index contributed by atoms with van der Waals surface area (Å²) in [7, 11) is 0. The Morgan fingerprint density at radius 2 is 2.10 bits per heavy atom. The maximum absolute atomic E-state index is 3.97. The molecule has 0 bridgehead atoms. The van der Waals surface area contributed by atoms with Gasteiger partial charge in [0.2, 0.25) is 5.82 Å². The Hall–Kier alpha value is -1.58. The van der Waals surface area contributed by atoms with Crippen molar-refractivity contribution in [1.82, 2.24) is 20.4 Å². The van der Waals surface area contributed by atoms with E-state index in [2.05, 4.69) is 20.4 Å². The molecule has 0 saturated carbocycles. The van der Waals surface area contributed by atoms with Crippen molar-refractivity contribution in [3.05, 3.63) is 24.4 Å². The third kappa shape index (κ3) is 0.699. The summed E-state index contributed by atoms with van der Waals surface area (Å²) in [6.45, 7) is 0. The normalized spacial score (nSPS) is 10.0. The number of aromatic nitrogens is 4. The van der Waals surface area contributed by atoms with Crippen LogP contribution in [0.3, 0.4) is 0 Å². The molecule has 0 radical (unpaired) electrons. The van der Waals surface area contributed by atoms with Crippen LogP contribution >= 0.6 is 0 Å². The molecule has 0 atom stereocenters. The Balaban J connectivity index is 2.74. The molecule has 2 aliphatic heterocycles. The van der Waals surface area contributed by atoms with Crippen LogP contribution in [0.4, 0.5) is 0 Å². The standard InChI is InChI=1S/C6H4N4/c1-2-4-7-6-5(3-1)8-10-9-6/h1-4H. The number of rotatable bonds is 0. The second-order valence-corrected chi connectivity index (χ2v) is 1.83. The molecule has 0 aromatic heterocycles. The van der Waals surface area contributed by atoms with Crippen molar-refractivity contribution in [2.24, 2.45) is 0 Å². The molecule has 10 heavy (non-hydrogen) atoms. The molecule has 2 rings (SSSR count). The molecule has 0 fully saturated rings. The first kappa shape index (κ1) is 5.22. The van der Waals surface area contributed by atoms with Crippen LogP contribution in [-0.2, 0) is 0 Å². The van der Waals surface area contributed by atoms with Crippen molar-refractivity contribution in [1.29, 1.82) is 0 Å². The van der Waals surface area contributed by atoms with E-state index in [0.717, 1.165) is 5.69 Å². The molecule has 0 aromatic rings. The molecule has 0 spiro atoms. The molecular weight excluding hydrogens is 128 g/mol. The first-order valence-electron chi connectivity index (χ1n) is 2.87. The van der Waals surface area contributed by atoms with E-state index in [1.165, 1.54) is 0 Å². The van der Waals surface area contributed by atoms with Gasteiger partial charge in [-0.25, -0.2) is 4.98 Å². The van der Waals surface area contributed by atoms with E-state index < -0.39 is 0 Å². The van der Waals surface area contributed by atoms with Crippen LogP contribution in [0.25, 0.3) is 11.5 Å². The third-order valence-corrected chi connectivity index (χ3v) is 1.17. The summed E-state index contributed by atoms with van der Waals surface area (Å²) in [5.74, 6) is 0.588. The Bertz CT molecular complexity index is 281. The number of hydrogen-bond donors (Lipinski definition) is 0. The van der Waals surface area contributed by atoms with Crippen LogP contribution in [0.5, 0.6) is 0 Å². The van der Waals surface area contributed by atoms with Gasteiger partial charge in [0.15, 0.2) is 0 Å². The van der Waals surface area contributed by atoms with Gasteiger partial charge < -0.3 is 0 Å². The zero-order valence-corrected chi connectivity index (χ0v) is 5.10. The molecule has 0 unspecified atom stereocenters. The SMILES string of the molecule is c1ccc2nnnc-2nc1. The number of fused-ring (bicyclic) bond motifs is 1. The fourth-order valence-corrected chi connectivity index (χ4v) is 0.719. The quantitative estimate of drug-likeness (QED) is 0.519. The lowest BCUT2D eigenvalue weighted by Gasteiger charge is -1.77. The van der Waals surface area contributed by atoms with E-state index in [9.17, 15) is 0 Å². The Morgan fingerprint density at radius 3 is 3.10 bits per heavy atom. The topological polar surface area (TPSA) is 51.6 Å². The van der Waals surface area contributed by atoms with Gasteiger partial charge in [-0.3, -0.25) is 0 Å². The average molecular weight is 132 g/mol. The van der Waals surface area contributed by atoms with Crippen LogP contribution < -0.4 is 0 Å². The summed E-state index contributed by atoms with van der Waals surface area (Å²) in [6.07, 6.45) is 1.67. The first-order valence-corrected chi connectivity index (χ1v) is 2.87. The molecule has 2 heterocycles. The van der Waals surface area contributed by atoms with Crippen molar-refractivity contribution in [3.8, 4) is 11.5 Å². The summed E-state index contributed by atoms with van der Waals surface area (Å²) in [5, 5.41) is 10.9. The van der Waals surface area contributed by atoms with E-state index in [4.69, 9.17) is 0 Å². The van der Waals surface area contributed by atoms with Crippen molar-refractivity contribution in [3.63, 3.8) is 0 Å². The molecule has 4 nitrogen and oxygen atoms in total. The van der Waals surface area contributed by atoms with Crippen LogP contribution in [0, 0.1) is 0 Å². The van der Waals surface area contributed by atoms with E-state index in [1.54, 1.807) is 6.20 Å². The van der Waals surface area contributed by atoms with E-state index in [1.807, 2.05) is 18.2 Å². The maximum Gasteiger partial charge on any atom is 0.204 e. The minimum Gasteiger partial charge on any atom is -0.234 e. The monoisotopic (exact) mass is 132 g/mol. The molecule has 0 N–H and O–H groups in total. The molecule has 48 valence electrons. The van der Waals surface area contributed by atoms with Gasteiger partial charge in [0, 0.05) is 6.20 Å². The van der Waals surface area contributed by atoms with E-state index >= 15 is 0 Å². The van der Waals surface area contributed by atoms with Gasteiger partial charge in [-0.05, 0) is 17.3 Å². The van der Waals surface area contributed by atoms with Crippen LogP contribution in [-0.4, -0.2) is 20.4 Å². The lowest BCUT2D eigenvalue weighted by Crippen LogP contribution is -1.74. The number of nitrogens with zero attached hydrogens (tertiary/aromatic N) is 4. The molecule has 0 saturated heterocycles. The minimum absolute atomic E-state index is 0.588. The largest absolute Gasteiger partial charge is 0.234 e. The summed E-state index contributed by atoms with van der Waals surface area (Å²) >= 11 is 0. The summed E-state index contributed by atoms with van der Waals surface area (Å²) < 4.78 is 0. The van der Waals surface area contributed by atoms with Gasteiger partial charge >= 0.3 is 0 Å². The summed E-state index contributed by atoms with van der Waals surface area (Å²) in [6, 6.07) is 5.50. The lowest BCUT2D eigenvalue weighted by molar-refractivity contribution is 0.945. The van der Waals surface area contributed by atoms with Crippen molar-refractivity contribution >= 4 is 0 Å². The molecule has 0 aliphatic carbocycles. The average Bonchev–Trinajstić information content (AvgIpc) is 2.28. The summed E-state index contributed by atoms with van der Waals surface area (Å²) in [5.41, 5.74) is 0.727. The number of hydrogen-bond acceptors (Lipinski definition) is 4. The summed E-state index contributed by atoms with van der Waals surface area (Å²) in [4.78, 5) is 3.97. The molecule has 4 heteroatoms. The first-order chi connectivity index (χ1) is 4.97. The second kappa shape index (κ2) is 1.98. The van der Waals surface area contributed by atoms with Crippen molar-refractivity contribution in [2.45, 2.75) is 0 Å². The van der Waals surface area contributed by atoms with Crippen molar-refractivity contribution in [2.75, 3.05) is 0 Å². The second-order valence-electron chi connectivity index (χ2n) is 1.83. The Kier molecular flexibility index (Phi) is 1.04. The highest BCUT2D eigenvalue weighted by Crippen LogP contribution is 2.07. The Labute approximate surface area is 57.3 Å². The smallest absolute Gasteiger partial charge is 0.204 e. The van der Waals surface area contributed by atoms with Crippen LogP contribution in [0.2, 0.25) is 0 Å². The zero-order valence-electron chi connectivity index (χ0n) is 5.10. The minimum atomic E-state index is 0.588. The van der Waals surface area contributed by atoms with Crippen LogP contribution in [0.15, 0.2) is 24.4 Å². The third-order valence-electron chi connectivity index (χ3n) is 1.17. The van der Waals surface area contributed by atoms with Gasteiger partial charge in [-0.15, -0.1) is 10.2 Å².